The molecule has 0 atom stereocenters. The first kappa shape index (κ1) is 14.4. The normalized spacial score (nSPS) is 11.4. The minimum Gasteiger partial charge on any atom is -0.411 e. The summed E-state index contributed by atoms with van der Waals surface area (Å²) in [5.41, 5.74) is 1.72. The van der Waals surface area contributed by atoms with Gasteiger partial charge in [0, 0.05) is 29.5 Å². The fourth-order valence-corrected chi connectivity index (χ4v) is 4.30. The van der Waals surface area contributed by atoms with Crippen LogP contribution in [0, 0.1) is 0 Å². The molecule has 5 aromatic heterocycles. The number of hydrogen-bond acceptors (Lipinski definition) is 9. The summed E-state index contributed by atoms with van der Waals surface area (Å²) in [7, 11) is 0. The second-order valence-corrected chi connectivity index (χ2v) is 6.96. The van der Waals surface area contributed by atoms with E-state index in [1.165, 1.54) is 11.8 Å². The summed E-state index contributed by atoms with van der Waals surface area (Å²) in [5.74, 6) is 0.452. The van der Waals surface area contributed by atoms with Crippen LogP contribution in [-0.2, 0) is 0 Å². The van der Waals surface area contributed by atoms with E-state index in [1.54, 1.807) is 36.3 Å². The van der Waals surface area contributed by atoms with Crippen molar-refractivity contribution in [3.63, 3.8) is 0 Å². The average Bonchev–Trinajstić information content (AvgIpc) is 3.28. The van der Waals surface area contributed by atoms with Gasteiger partial charge in [0.05, 0.1) is 10.2 Å². The lowest BCUT2D eigenvalue weighted by molar-refractivity contribution is 0.465. The molecule has 5 rings (SSSR count). The fraction of sp³-hybridized carbons (Fsp3) is 0. The van der Waals surface area contributed by atoms with Gasteiger partial charge in [-0.1, -0.05) is 0 Å². The highest BCUT2D eigenvalue weighted by molar-refractivity contribution is 7.99. The van der Waals surface area contributed by atoms with Crippen LogP contribution in [0.25, 0.3) is 31.9 Å². The molecular weight excluding hydrogens is 356 g/mol. The van der Waals surface area contributed by atoms with Crippen molar-refractivity contribution in [1.29, 1.82) is 0 Å². The first-order valence-electron chi connectivity index (χ1n) is 7.28. The standard InChI is InChI=1S/C16H8N6OS2/c1-2-10-11-12(24-14(10)18-5-1)15(20-8-19-11)25-16-22-21-13(23-16)9-3-6-17-7-4-9/h1-8H. The first-order valence-corrected chi connectivity index (χ1v) is 8.92. The third-order valence-electron chi connectivity index (χ3n) is 3.51. The molecule has 0 radical (unpaired) electrons. The zero-order valence-electron chi connectivity index (χ0n) is 12.5. The lowest BCUT2D eigenvalue weighted by Crippen LogP contribution is -1.83. The van der Waals surface area contributed by atoms with Crippen molar-refractivity contribution in [3.8, 4) is 11.5 Å². The van der Waals surface area contributed by atoms with Crippen LogP contribution in [0.5, 0.6) is 0 Å². The van der Waals surface area contributed by atoms with E-state index < -0.39 is 0 Å². The predicted molar refractivity (Wildman–Crippen MR) is 94.4 cm³/mol. The number of rotatable bonds is 3. The third kappa shape index (κ3) is 2.53. The van der Waals surface area contributed by atoms with Gasteiger partial charge in [-0.05, 0) is 36.0 Å². The molecule has 0 N–H and O–H groups in total. The molecule has 0 amide bonds. The van der Waals surface area contributed by atoms with Crippen molar-refractivity contribution in [3.05, 3.63) is 49.2 Å². The number of hydrogen-bond donors (Lipinski definition) is 0. The zero-order valence-corrected chi connectivity index (χ0v) is 14.2. The molecule has 0 unspecified atom stereocenters. The molecule has 0 saturated carbocycles. The van der Waals surface area contributed by atoms with Crippen LogP contribution in [0.1, 0.15) is 0 Å². The minimum atomic E-state index is 0.428. The van der Waals surface area contributed by atoms with Crippen LogP contribution in [0.2, 0.25) is 0 Å². The van der Waals surface area contributed by atoms with Crippen molar-refractivity contribution in [2.45, 2.75) is 10.2 Å². The van der Waals surface area contributed by atoms with Gasteiger partial charge in [-0.15, -0.1) is 21.5 Å². The molecule has 0 aliphatic heterocycles. The largest absolute Gasteiger partial charge is 0.411 e. The maximum atomic E-state index is 5.74. The van der Waals surface area contributed by atoms with E-state index >= 15 is 0 Å². The zero-order chi connectivity index (χ0) is 16.6. The highest BCUT2D eigenvalue weighted by Crippen LogP contribution is 2.38. The van der Waals surface area contributed by atoms with Crippen molar-refractivity contribution >= 4 is 43.5 Å². The van der Waals surface area contributed by atoms with E-state index in [4.69, 9.17) is 4.42 Å². The van der Waals surface area contributed by atoms with E-state index in [0.717, 1.165) is 31.0 Å². The SMILES string of the molecule is c1cnc2sc3c(Sc4nnc(-c5ccncc5)o4)ncnc3c2c1. The summed E-state index contributed by atoms with van der Waals surface area (Å²) in [5, 5.41) is 10.4. The van der Waals surface area contributed by atoms with E-state index in [1.807, 2.05) is 24.3 Å². The molecule has 5 aromatic rings. The Morgan fingerprint density at radius 1 is 0.960 bits per heavy atom. The number of fused-ring (bicyclic) bond motifs is 3. The Balaban J connectivity index is 1.55. The average molecular weight is 364 g/mol. The molecule has 0 spiro atoms. The second-order valence-electron chi connectivity index (χ2n) is 5.03. The summed E-state index contributed by atoms with van der Waals surface area (Å²) in [6, 6.07) is 7.56. The molecule has 7 nitrogen and oxygen atoms in total. The third-order valence-corrected chi connectivity index (χ3v) is 5.60. The van der Waals surface area contributed by atoms with Crippen LogP contribution in [0.15, 0.2) is 63.8 Å². The molecular formula is C16H8N6OS2. The van der Waals surface area contributed by atoms with E-state index in [2.05, 4.69) is 30.1 Å². The van der Waals surface area contributed by atoms with E-state index in [9.17, 15) is 0 Å². The Labute approximate surface area is 149 Å². The second kappa shape index (κ2) is 5.87. The molecule has 5 heterocycles. The Bertz CT molecular complexity index is 1190. The Kier molecular flexibility index (Phi) is 3.39. The fourth-order valence-electron chi connectivity index (χ4n) is 2.41. The Morgan fingerprint density at radius 3 is 2.80 bits per heavy atom. The molecule has 0 fully saturated rings. The van der Waals surface area contributed by atoms with Gasteiger partial charge in [0.2, 0.25) is 5.89 Å². The summed E-state index contributed by atoms with van der Waals surface area (Å²) in [6.07, 6.45) is 6.69. The van der Waals surface area contributed by atoms with Crippen molar-refractivity contribution in [1.82, 2.24) is 30.1 Å². The number of aromatic nitrogens is 6. The smallest absolute Gasteiger partial charge is 0.283 e. The maximum Gasteiger partial charge on any atom is 0.283 e. The molecule has 0 bridgehead atoms. The molecule has 9 heteroatoms. The summed E-state index contributed by atoms with van der Waals surface area (Å²) in [6.45, 7) is 0. The van der Waals surface area contributed by atoms with Crippen LogP contribution in [0.4, 0.5) is 0 Å². The summed E-state index contributed by atoms with van der Waals surface area (Å²) >= 11 is 2.88. The Morgan fingerprint density at radius 2 is 1.88 bits per heavy atom. The summed E-state index contributed by atoms with van der Waals surface area (Å²) in [4.78, 5) is 18.1. The highest BCUT2D eigenvalue weighted by atomic mass is 32.2. The number of thiophene rings is 1. The monoisotopic (exact) mass is 364 g/mol. The Hall–Kier alpha value is -2.91. The summed E-state index contributed by atoms with van der Waals surface area (Å²) < 4.78 is 6.70. The molecule has 0 aliphatic carbocycles. The molecule has 0 aromatic carbocycles. The van der Waals surface area contributed by atoms with Gasteiger partial charge in [0.25, 0.3) is 5.22 Å². The minimum absolute atomic E-state index is 0.428. The van der Waals surface area contributed by atoms with Crippen LogP contribution in [0.3, 0.4) is 0 Å². The predicted octanol–water partition coefficient (Wildman–Crippen LogP) is 3.84. The quantitative estimate of drug-likeness (QED) is 0.446. The number of nitrogens with zero attached hydrogens (tertiary/aromatic N) is 6. The highest BCUT2D eigenvalue weighted by Gasteiger charge is 2.16. The van der Waals surface area contributed by atoms with Gasteiger partial charge in [-0.25, -0.2) is 15.0 Å². The molecule has 0 saturated heterocycles. The molecule has 120 valence electrons. The van der Waals surface area contributed by atoms with Gasteiger partial charge in [-0.3, -0.25) is 4.98 Å². The van der Waals surface area contributed by atoms with Gasteiger partial charge in [0.1, 0.15) is 16.2 Å². The van der Waals surface area contributed by atoms with Crippen molar-refractivity contribution in [2.24, 2.45) is 0 Å². The first-order chi connectivity index (χ1) is 12.4. The van der Waals surface area contributed by atoms with E-state index in [-0.39, 0.29) is 0 Å². The molecule has 0 aliphatic rings. The maximum absolute atomic E-state index is 5.74. The van der Waals surface area contributed by atoms with Gasteiger partial charge in [0.15, 0.2) is 0 Å². The molecule has 25 heavy (non-hydrogen) atoms. The topological polar surface area (TPSA) is 90.5 Å². The van der Waals surface area contributed by atoms with Gasteiger partial charge < -0.3 is 4.42 Å². The van der Waals surface area contributed by atoms with Gasteiger partial charge >= 0.3 is 0 Å². The van der Waals surface area contributed by atoms with Crippen molar-refractivity contribution < 1.29 is 4.42 Å². The van der Waals surface area contributed by atoms with Crippen LogP contribution < -0.4 is 0 Å². The lowest BCUT2D eigenvalue weighted by atomic mass is 10.3. The van der Waals surface area contributed by atoms with Crippen LogP contribution in [-0.4, -0.2) is 30.1 Å². The van der Waals surface area contributed by atoms with E-state index in [0.29, 0.717) is 11.1 Å². The van der Waals surface area contributed by atoms with Crippen molar-refractivity contribution in [2.75, 3.05) is 0 Å². The van der Waals surface area contributed by atoms with Gasteiger partial charge in [-0.2, -0.15) is 0 Å². The van der Waals surface area contributed by atoms with Crippen LogP contribution >= 0.6 is 23.1 Å². The number of pyridine rings is 2. The lowest BCUT2D eigenvalue weighted by Gasteiger charge is -1.97.